The van der Waals surface area contributed by atoms with Crippen LogP contribution in [-0.4, -0.2) is 23.4 Å². The number of aliphatic hydroxyl groups excluding tert-OH is 1. The molecule has 120 valence electrons. The fourth-order valence-corrected chi connectivity index (χ4v) is 2.02. The van der Waals surface area contributed by atoms with Crippen LogP contribution in [-0.2, 0) is 6.42 Å². The van der Waals surface area contributed by atoms with Gasteiger partial charge >= 0.3 is 0 Å². The van der Waals surface area contributed by atoms with Gasteiger partial charge in [0.1, 0.15) is 0 Å². The van der Waals surface area contributed by atoms with E-state index in [9.17, 15) is 5.11 Å². The highest BCUT2D eigenvalue weighted by Gasteiger charge is 2.15. The number of phenols is 1. The maximum Gasteiger partial charge on any atom is 0.204 e. The van der Waals surface area contributed by atoms with E-state index in [0.29, 0.717) is 24.4 Å². The Kier molecular flexibility index (Phi) is 9.30. The highest BCUT2D eigenvalue weighted by Crippen LogP contribution is 2.39. The normalized spacial score (nSPS) is 9.71. The number of phenolic OH excluding ortho intramolecular Hbond substituents is 1. The van der Waals surface area contributed by atoms with E-state index in [1.165, 1.54) is 0 Å². The number of aromatic hydroxyl groups is 1. The van der Waals surface area contributed by atoms with Gasteiger partial charge in [-0.15, -0.1) is 0 Å². The first kappa shape index (κ1) is 19.3. The van der Waals surface area contributed by atoms with Gasteiger partial charge in [0.15, 0.2) is 11.3 Å². The summed E-state index contributed by atoms with van der Waals surface area (Å²) < 4.78 is 10.8. The number of hydrogen-bond acceptors (Lipinski definition) is 4. The molecular weight excluding hydrogens is 268 g/mol. The molecule has 0 aliphatic rings. The first-order chi connectivity index (χ1) is 9.77. The number of rotatable bonds is 6. The van der Waals surface area contributed by atoms with Crippen LogP contribution in [0.1, 0.15) is 46.6 Å². The summed E-state index contributed by atoms with van der Waals surface area (Å²) in [7, 11) is 0. The number of furan rings is 1. The largest absolute Gasteiger partial charge is 0.504 e. The molecule has 0 saturated carbocycles. The molecule has 2 aromatic rings. The fraction of sp³-hybridized carbons (Fsp3) is 0.529. The van der Waals surface area contributed by atoms with Crippen LogP contribution < -0.4 is 4.74 Å². The zero-order valence-corrected chi connectivity index (χ0v) is 12.5. The lowest BCUT2D eigenvalue weighted by Crippen LogP contribution is -1.96. The van der Waals surface area contributed by atoms with Crippen molar-refractivity contribution in [2.45, 2.75) is 47.5 Å². The van der Waals surface area contributed by atoms with Crippen LogP contribution in [0.2, 0.25) is 0 Å². The van der Waals surface area contributed by atoms with Gasteiger partial charge in [0.05, 0.1) is 12.9 Å². The predicted octanol–water partition coefficient (Wildman–Crippen LogP) is 4.51. The van der Waals surface area contributed by atoms with Crippen molar-refractivity contribution in [3.63, 3.8) is 0 Å². The van der Waals surface area contributed by atoms with Crippen LogP contribution in [0.15, 0.2) is 22.8 Å². The second-order valence-corrected chi connectivity index (χ2v) is 4.17. The lowest BCUT2D eigenvalue weighted by Gasteiger charge is -2.11. The van der Waals surface area contributed by atoms with E-state index in [1.54, 1.807) is 6.26 Å². The third-order valence-corrected chi connectivity index (χ3v) is 2.89. The minimum atomic E-state index is 0. The Bertz CT molecular complexity index is 517. The van der Waals surface area contributed by atoms with E-state index in [-0.39, 0.29) is 19.8 Å². The third kappa shape index (κ3) is 4.67. The molecule has 1 aromatic carbocycles. The van der Waals surface area contributed by atoms with Crippen LogP contribution >= 0.6 is 0 Å². The Labute approximate surface area is 127 Å². The summed E-state index contributed by atoms with van der Waals surface area (Å²) in [5.74, 6) is 0.566. The van der Waals surface area contributed by atoms with Crippen molar-refractivity contribution in [3.05, 3.63) is 24.0 Å². The van der Waals surface area contributed by atoms with Crippen LogP contribution in [0.3, 0.4) is 0 Å². The zero-order valence-electron chi connectivity index (χ0n) is 12.5. The Morgan fingerprint density at radius 2 is 1.95 bits per heavy atom. The van der Waals surface area contributed by atoms with E-state index in [2.05, 4.69) is 0 Å². The molecule has 0 amide bonds. The quantitative estimate of drug-likeness (QED) is 0.770. The number of aliphatic hydroxyl groups is 1. The van der Waals surface area contributed by atoms with Crippen molar-refractivity contribution in [1.82, 2.24) is 0 Å². The molecule has 2 rings (SSSR count). The van der Waals surface area contributed by atoms with Gasteiger partial charge in [-0.1, -0.05) is 21.3 Å². The van der Waals surface area contributed by atoms with Gasteiger partial charge in [-0.05, 0) is 43.9 Å². The smallest absolute Gasteiger partial charge is 0.204 e. The minimum Gasteiger partial charge on any atom is -0.504 e. The van der Waals surface area contributed by atoms with Crippen molar-refractivity contribution >= 4 is 11.0 Å². The van der Waals surface area contributed by atoms with Gasteiger partial charge in [0, 0.05) is 12.0 Å². The lowest BCUT2D eigenvalue weighted by molar-refractivity contribution is 0.284. The lowest BCUT2D eigenvalue weighted by atomic mass is 10.0. The summed E-state index contributed by atoms with van der Waals surface area (Å²) in [4.78, 5) is 0. The number of unbranched alkanes of at least 4 members (excludes halogenated alkanes) is 1. The third-order valence-electron chi connectivity index (χ3n) is 2.89. The number of fused-ring (bicyclic) bond motifs is 1. The van der Waals surface area contributed by atoms with Gasteiger partial charge in [-0.3, -0.25) is 0 Å². The molecule has 0 spiro atoms. The van der Waals surface area contributed by atoms with E-state index in [4.69, 9.17) is 14.3 Å². The van der Waals surface area contributed by atoms with Crippen LogP contribution in [0.25, 0.3) is 11.0 Å². The molecule has 21 heavy (non-hydrogen) atoms. The molecule has 4 heteroatoms. The van der Waals surface area contributed by atoms with Crippen LogP contribution in [0.5, 0.6) is 11.5 Å². The van der Waals surface area contributed by atoms with Gasteiger partial charge in [0.2, 0.25) is 5.75 Å². The molecule has 4 nitrogen and oxygen atoms in total. The Morgan fingerprint density at radius 3 is 2.57 bits per heavy atom. The number of benzene rings is 1. The monoisotopic (exact) mass is 296 g/mol. The molecule has 0 unspecified atom stereocenters. The first-order valence-corrected chi connectivity index (χ1v) is 7.23. The predicted molar refractivity (Wildman–Crippen MR) is 87.2 cm³/mol. The first-order valence-electron chi connectivity index (χ1n) is 7.23. The second-order valence-electron chi connectivity index (χ2n) is 4.17. The van der Waals surface area contributed by atoms with Crippen LogP contribution in [0.4, 0.5) is 0 Å². The van der Waals surface area contributed by atoms with Gasteiger partial charge in [0.25, 0.3) is 0 Å². The van der Waals surface area contributed by atoms with Crippen molar-refractivity contribution in [1.29, 1.82) is 0 Å². The van der Waals surface area contributed by atoms with Gasteiger partial charge < -0.3 is 19.4 Å². The Hall–Kier alpha value is -1.68. The standard InChI is InChI=1S/C14H18O4.C2H6.CH4/c1-2-17-14-12(16)10(5-3-4-7-15)9-11-6-8-18-13(11)14;1-2;/h6,8-9,15-16H,2-5,7H2,1H3;1-2H3;1H4. The highest BCUT2D eigenvalue weighted by atomic mass is 16.5. The molecule has 1 aromatic heterocycles. The molecule has 0 radical (unpaired) electrons. The SMILES string of the molecule is C.CC.CCOc1c(O)c(CCCCO)cc2ccoc12. The average Bonchev–Trinajstić information content (AvgIpc) is 2.93. The molecule has 0 fully saturated rings. The number of ether oxygens (including phenoxy) is 1. The van der Waals surface area contributed by atoms with Crippen molar-refractivity contribution in [2.75, 3.05) is 13.2 Å². The van der Waals surface area contributed by atoms with E-state index in [1.807, 2.05) is 32.9 Å². The summed E-state index contributed by atoms with van der Waals surface area (Å²) in [5.41, 5.74) is 1.42. The van der Waals surface area contributed by atoms with E-state index in [0.717, 1.165) is 23.8 Å². The van der Waals surface area contributed by atoms with Gasteiger partial charge in [-0.2, -0.15) is 0 Å². The molecule has 2 N–H and O–H groups in total. The van der Waals surface area contributed by atoms with E-state index < -0.39 is 0 Å². The molecule has 0 bridgehead atoms. The van der Waals surface area contributed by atoms with Crippen LogP contribution in [0, 0.1) is 0 Å². The number of aryl methyl sites for hydroxylation is 1. The molecule has 1 heterocycles. The topological polar surface area (TPSA) is 62.8 Å². The summed E-state index contributed by atoms with van der Waals surface area (Å²) in [6, 6.07) is 3.76. The summed E-state index contributed by atoms with van der Waals surface area (Å²) in [6.45, 7) is 6.52. The second kappa shape index (κ2) is 10.1. The fourth-order valence-electron chi connectivity index (χ4n) is 2.02. The maximum absolute atomic E-state index is 10.2. The minimum absolute atomic E-state index is 0. The highest BCUT2D eigenvalue weighted by molar-refractivity contribution is 5.87. The molecule has 0 atom stereocenters. The molecule has 0 aliphatic carbocycles. The Morgan fingerprint density at radius 1 is 1.24 bits per heavy atom. The summed E-state index contributed by atoms with van der Waals surface area (Å²) in [6.07, 6.45) is 3.86. The van der Waals surface area contributed by atoms with Crippen molar-refractivity contribution < 1.29 is 19.4 Å². The summed E-state index contributed by atoms with van der Waals surface area (Å²) in [5, 5.41) is 19.9. The maximum atomic E-state index is 10.2. The molecule has 0 saturated heterocycles. The van der Waals surface area contributed by atoms with Crippen molar-refractivity contribution in [3.8, 4) is 11.5 Å². The van der Waals surface area contributed by atoms with Gasteiger partial charge in [-0.25, -0.2) is 0 Å². The summed E-state index contributed by atoms with van der Waals surface area (Å²) >= 11 is 0. The van der Waals surface area contributed by atoms with E-state index >= 15 is 0 Å². The number of hydrogen-bond donors (Lipinski definition) is 2. The Balaban J connectivity index is 0.00000128. The average molecular weight is 296 g/mol. The van der Waals surface area contributed by atoms with Crippen molar-refractivity contribution in [2.24, 2.45) is 0 Å². The zero-order chi connectivity index (χ0) is 15.0. The molecular formula is C17H28O4. The molecule has 0 aliphatic heterocycles.